The van der Waals surface area contributed by atoms with Gasteiger partial charge in [-0.25, -0.2) is 0 Å². The van der Waals surface area contributed by atoms with Crippen molar-refractivity contribution in [2.75, 3.05) is 33.4 Å². The highest BCUT2D eigenvalue weighted by Gasteiger charge is 2.15. The maximum absolute atomic E-state index is 6.04. The van der Waals surface area contributed by atoms with Gasteiger partial charge in [-0.05, 0) is 45.0 Å². The Balaban J connectivity index is 1.94. The monoisotopic (exact) mass is 278 g/mol. The molecule has 1 atom stereocenters. The number of benzene rings is 1. The van der Waals surface area contributed by atoms with E-state index < -0.39 is 0 Å². The maximum atomic E-state index is 6.04. The molecule has 0 radical (unpaired) electrons. The molecule has 112 valence electrons. The lowest BCUT2D eigenvalue weighted by atomic mass is 10.1. The van der Waals surface area contributed by atoms with Gasteiger partial charge in [0.2, 0.25) is 0 Å². The molecule has 4 nitrogen and oxygen atoms in total. The molecule has 20 heavy (non-hydrogen) atoms. The second kappa shape index (κ2) is 7.50. The van der Waals surface area contributed by atoms with Crippen LogP contribution in [0.4, 0.5) is 0 Å². The Bertz CT molecular complexity index is 415. The van der Waals surface area contributed by atoms with Crippen molar-refractivity contribution in [3.63, 3.8) is 0 Å². The average Bonchev–Trinajstić information content (AvgIpc) is 2.47. The van der Waals surface area contributed by atoms with Gasteiger partial charge in [0.25, 0.3) is 0 Å². The largest absolute Gasteiger partial charge is 0.496 e. The fraction of sp³-hybridized carbons (Fsp3) is 0.625. The van der Waals surface area contributed by atoms with Gasteiger partial charge in [-0.3, -0.25) is 4.90 Å². The van der Waals surface area contributed by atoms with E-state index in [1.807, 2.05) is 25.1 Å². The van der Waals surface area contributed by atoms with E-state index in [1.54, 1.807) is 7.11 Å². The lowest BCUT2D eigenvalue weighted by molar-refractivity contribution is 0.182. The van der Waals surface area contributed by atoms with Gasteiger partial charge in [-0.1, -0.05) is 12.5 Å². The predicted octanol–water partition coefficient (Wildman–Crippen LogP) is 2.58. The molecule has 0 bridgehead atoms. The highest BCUT2D eigenvalue weighted by Crippen LogP contribution is 2.32. The highest BCUT2D eigenvalue weighted by atomic mass is 16.5. The Kier molecular flexibility index (Phi) is 5.68. The minimum atomic E-state index is -0.101. The van der Waals surface area contributed by atoms with Gasteiger partial charge in [0.1, 0.15) is 18.1 Å². The molecule has 0 aromatic heterocycles. The topological polar surface area (TPSA) is 47.7 Å². The summed E-state index contributed by atoms with van der Waals surface area (Å²) in [6, 6.07) is 5.74. The molecule has 4 heteroatoms. The highest BCUT2D eigenvalue weighted by molar-refractivity contribution is 5.46. The van der Waals surface area contributed by atoms with Crippen molar-refractivity contribution < 1.29 is 9.47 Å². The summed E-state index contributed by atoms with van der Waals surface area (Å²) in [6.45, 7) is 6.03. The Labute approximate surface area is 121 Å². The van der Waals surface area contributed by atoms with E-state index in [4.69, 9.17) is 15.2 Å². The lowest BCUT2D eigenvalue weighted by Crippen LogP contribution is -2.33. The first-order valence-electron chi connectivity index (χ1n) is 7.50. The van der Waals surface area contributed by atoms with Crippen LogP contribution in [0.3, 0.4) is 0 Å². The molecular weight excluding hydrogens is 252 g/mol. The van der Waals surface area contributed by atoms with E-state index in [2.05, 4.69) is 4.90 Å². The zero-order chi connectivity index (χ0) is 14.4. The van der Waals surface area contributed by atoms with Gasteiger partial charge in [0.05, 0.1) is 12.7 Å². The quantitative estimate of drug-likeness (QED) is 0.869. The third-order valence-electron chi connectivity index (χ3n) is 3.82. The van der Waals surface area contributed by atoms with Gasteiger partial charge in [0.15, 0.2) is 0 Å². The first-order chi connectivity index (χ1) is 9.72. The van der Waals surface area contributed by atoms with Gasteiger partial charge < -0.3 is 15.2 Å². The lowest BCUT2D eigenvalue weighted by Gasteiger charge is -2.26. The first-order valence-corrected chi connectivity index (χ1v) is 7.50. The molecule has 1 aliphatic rings. The van der Waals surface area contributed by atoms with Crippen LogP contribution in [-0.2, 0) is 0 Å². The standard InChI is InChI=1S/C16H26N2O2/c1-13(17)16-14(19-2)7-6-8-15(16)20-12-11-18-9-4-3-5-10-18/h6-8,13H,3-5,9-12,17H2,1-2H3/t13-/m1/s1. The van der Waals surface area contributed by atoms with E-state index in [0.717, 1.165) is 23.6 Å². The number of rotatable bonds is 6. The van der Waals surface area contributed by atoms with E-state index in [-0.39, 0.29) is 6.04 Å². The molecule has 1 aromatic carbocycles. The number of piperidine rings is 1. The molecule has 1 aliphatic heterocycles. The summed E-state index contributed by atoms with van der Waals surface area (Å²) in [5.41, 5.74) is 6.99. The summed E-state index contributed by atoms with van der Waals surface area (Å²) in [5, 5.41) is 0. The van der Waals surface area contributed by atoms with Crippen LogP contribution in [0, 0.1) is 0 Å². The zero-order valence-electron chi connectivity index (χ0n) is 12.6. The number of likely N-dealkylation sites (tertiary alicyclic amines) is 1. The Morgan fingerprint density at radius 1 is 1.20 bits per heavy atom. The van der Waals surface area contributed by atoms with Crippen LogP contribution in [0.1, 0.15) is 37.8 Å². The second-order valence-electron chi connectivity index (χ2n) is 5.41. The Morgan fingerprint density at radius 3 is 2.55 bits per heavy atom. The van der Waals surface area contributed by atoms with E-state index in [0.29, 0.717) is 6.61 Å². The number of nitrogens with zero attached hydrogens (tertiary/aromatic N) is 1. The van der Waals surface area contributed by atoms with Crippen molar-refractivity contribution in [1.29, 1.82) is 0 Å². The predicted molar refractivity (Wildman–Crippen MR) is 81.4 cm³/mol. The zero-order valence-corrected chi connectivity index (χ0v) is 12.6. The molecule has 2 N–H and O–H groups in total. The van der Waals surface area contributed by atoms with Crippen molar-refractivity contribution in [3.8, 4) is 11.5 Å². The van der Waals surface area contributed by atoms with Gasteiger partial charge in [-0.15, -0.1) is 0 Å². The van der Waals surface area contributed by atoms with Crippen molar-refractivity contribution in [2.45, 2.75) is 32.2 Å². The van der Waals surface area contributed by atoms with Crippen LogP contribution < -0.4 is 15.2 Å². The number of methoxy groups -OCH3 is 1. The van der Waals surface area contributed by atoms with Crippen molar-refractivity contribution in [2.24, 2.45) is 5.73 Å². The molecule has 0 unspecified atom stereocenters. The van der Waals surface area contributed by atoms with Crippen LogP contribution in [-0.4, -0.2) is 38.3 Å². The molecule has 0 amide bonds. The minimum absolute atomic E-state index is 0.101. The van der Waals surface area contributed by atoms with E-state index in [1.165, 1.54) is 32.4 Å². The summed E-state index contributed by atoms with van der Waals surface area (Å²) in [4.78, 5) is 2.47. The Morgan fingerprint density at radius 2 is 1.90 bits per heavy atom. The number of hydrogen-bond donors (Lipinski definition) is 1. The number of nitrogens with two attached hydrogens (primary N) is 1. The first kappa shape index (κ1) is 15.1. The molecule has 2 rings (SSSR count). The van der Waals surface area contributed by atoms with Gasteiger partial charge >= 0.3 is 0 Å². The van der Waals surface area contributed by atoms with E-state index in [9.17, 15) is 0 Å². The summed E-state index contributed by atoms with van der Waals surface area (Å²) in [5.74, 6) is 1.65. The van der Waals surface area contributed by atoms with Crippen LogP contribution in [0.2, 0.25) is 0 Å². The van der Waals surface area contributed by atoms with Crippen molar-refractivity contribution in [1.82, 2.24) is 4.90 Å². The molecule has 0 spiro atoms. The van der Waals surface area contributed by atoms with Crippen molar-refractivity contribution in [3.05, 3.63) is 23.8 Å². The van der Waals surface area contributed by atoms with E-state index >= 15 is 0 Å². The molecule has 1 heterocycles. The van der Waals surface area contributed by atoms with Gasteiger partial charge in [0, 0.05) is 12.6 Å². The summed E-state index contributed by atoms with van der Waals surface area (Å²) < 4.78 is 11.3. The number of ether oxygens (including phenoxy) is 2. The summed E-state index contributed by atoms with van der Waals surface area (Å²) >= 11 is 0. The third kappa shape index (κ3) is 3.87. The smallest absolute Gasteiger partial charge is 0.127 e. The molecular formula is C16H26N2O2. The van der Waals surface area contributed by atoms with Gasteiger partial charge in [-0.2, -0.15) is 0 Å². The normalized spacial score (nSPS) is 17.8. The van der Waals surface area contributed by atoms with Crippen molar-refractivity contribution >= 4 is 0 Å². The maximum Gasteiger partial charge on any atom is 0.127 e. The fourth-order valence-electron chi connectivity index (χ4n) is 2.74. The van der Waals surface area contributed by atoms with Crippen LogP contribution in [0.5, 0.6) is 11.5 Å². The molecule has 1 aromatic rings. The minimum Gasteiger partial charge on any atom is -0.496 e. The average molecular weight is 278 g/mol. The second-order valence-corrected chi connectivity index (χ2v) is 5.41. The molecule has 0 saturated carbocycles. The van der Waals surface area contributed by atoms with Crippen LogP contribution in [0.25, 0.3) is 0 Å². The number of hydrogen-bond acceptors (Lipinski definition) is 4. The van der Waals surface area contributed by atoms with Crippen LogP contribution >= 0.6 is 0 Å². The fourth-order valence-corrected chi connectivity index (χ4v) is 2.74. The summed E-state index contributed by atoms with van der Waals surface area (Å²) in [7, 11) is 1.67. The third-order valence-corrected chi connectivity index (χ3v) is 3.82. The molecule has 1 fully saturated rings. The van der Waals surface area contributed by atoms with Crippen LogP contribution in [0.15, 0.2) is 18.2 Å². The summed E-state index contributed by atoms with van der Waals surface area (Å²) in [6.07, 6.45) is 3.98. The SMILES string of the molecule is COc1cccc(OCCN2CCCCC2)c1[C@@H](C)N. The Hall–Kier alpha value is -1.26. The molecule has 0 aliphatic carbocycles. The molecule has 1 saturated heterocycles.